The molecule has 0 aromatic carbocycles. The van der Waals surface area contributed by atoms with Gasteiger partial charge in [-0.25, -0.2) is 5.43 Å². The number of aliphatic hydroxyl groups excluding tert-OH is 4. The first-order valence-corrected chi connectivity index (χ1v) is 15.6. The first-order chi connectivity index (χ1) is 19.4. The molecule has 0 saturated heterocycles. The summed E-state index contributed by atoms with van der Waals surface area (Å²) >= 11 is 0. The van der Waals surface area contributed by atoms with Crippen LogP contribution in [0.3, 0.4) is 0 Å². The first-order valence-electron chi connectivity index (χ1n) is 15.6. The molecule has 1 aromatic heterocycles. The molecule has 6 N–H and O–H groups in total. The minimum atomic E-state index is -0.450. The normalized spacial score (nSPS) is 41.0. The van der Waals surface area contributed by atoms with Gasteiger partial charge in [0.15, 0.2) is 0 Å². The Balaban J connectivity index is 1.22. The average molecular weight is 572 g/mol. The van der Waals surface area contributed by atoms with Crippen LogP contribution in [0.4, 0.5) is 0 Å². The van der Waals surface area contributed by atoms with Crippen LogP contribution < -0.4 is 5.43 Å². The molecular weight excluding hydrogens is 522 g/mol. The summed E-state index contributed by atoms with van der Waals surface area (Å²) in [6.07, 6.45) is 8.58. The van der Waals surface area contributed by atoms with Crippen LogP contribution in [-0.2, 0) is 11.4 Å². The zero-order valence-corrected chi connectivity index (χ0v) is 25.0. The Labute approximate surface area is 243 Å². The summed E-state index contributed by atoms with van der Waals surface area (Å²) in [5.74, 6) is 1.17. The number of pyridine rings is 1. The van der Waals surface area contributed by atoms with Gasteiger partial charge in [-0.2, -0.15) is 5.10 Å². The lowest BCUT2D eigenvalue weighted by atomic mass is 9.43. The van der Waals surface area contributed by atoms with Crippen LogP contribution >= 0.6 is 0 Å². The largest absolute Gasteiger partial charge is 0.505 e. The number of hydrogen-bond donors (Lipinski definition) is 6. The Morgan fingerprint density at radius 1 is 1.17 bits per heavy atom. The van der Waals surface area contributed by atoms with E-state index in [-0.39, 0.29) is 71.2 Å². The van der Waals surface area contributed by atoms with Crippen LogP contribution in [-0.4, -0.2) is 61.0 Å². The van der Waals surface area contributed by atoms with E-state index in [4.69, 9.17) is 0 Å². The second kappa shape index (κ2) is 11.5. The van der Waals surface area contributed by atoms with Crippen molar-refractivity contribution < 1.29 is 30.3 Å². The number of hydrogen-bond acceptors (Lipinski definition) is 8. The van der Waals surface area contributed by atoms with E-state index in [0.29, 0.717) is 35.6 Å². The predicted molar refractivity (Wildman–Crippen MR) is 155 cm³/mol. The molecule has 0 radical (unpaired) electrons. The van der Waals surface area contributed by atoms with Crippen molar-refractivity contribution in [2.75, 3.05) is 0 Å². The zero-order valence-electron chi connectivity index (χ0n) is 25.0. The molecule has 4 fully saturated rings. The van der Waals surface area contributed by atoms with Gasteiger partial charge >= 0.3 is 0 Å². The van der Waals surface area contributed by atoms with Gasteiger partial charge in [0, 0.05) is 23.7 Å². The Hall–Kier alpha value is -2.07. The lowest BCUT2D eigenvalue weighted by Crippen LogP contribution is -2.62. The highest BCUT2D eigenvalue weighted by Crippen LogP contribution is 2.68. The molecule has 4 aliphatic carbocycles. The number of amides is 1. The highest BCUT2D eigenvalue weighted by atomic mass is 16.3. The van der Waals surface area contributed by atoms with Crippen LogP contribution in [0, 0.1) is 53.3 Å². The highest BCUT2D eigenvalue weighted by Gasteiger charge is 2.65. The summed E-state index contributed by atoms with van der Waals surface area (Å²) in [6.45, 7) is 8.10. The SMILES string of the molecule is Cc1ncc(CO)c(/C=N/NC(=O)CC[C@@H](C)[C@H]2CC[C@H]3[C@@H]4[C@H](O)C[C@@H]5C[C@H](O)CC[C@]5(C)[C@H]4C[C@H](O)[C@]23C)c1O. The van der Waals surface area contributed by atoms with Crippen LogP contribution in [0.25, 0.3) is 0 Å². The molecule has 9 heteroatoms. The molecule has 11 atom stereocenters. The third-order valence-corrected chi connectivity index (χ3v) is 12.3. The maximum atomic E-state index is 12.7. The minimum Gasteiger partial charge on any atom is -0.505 e. The zero-order chi connectivity index (χ0) is 29.7. The molecular formula is C32H49N3O6. The quantitative estimate of drug-likeness (QED) is 0.216. The van der Waals surface area contributed by atoms with E-state index in [1.807, 2.05) is 0 Å². The van der Waals surface area contributed by atoms with Crippen molar-refractivity contribution in [1.82, 2.24) is 10.4 Å². The average Bonchev–Trinajstić information content (AvgIpc) is 3.29. The topological polar surface area (TPSA) is 156 Å². The van der Waals surface area contributed by atoms with Crippen LogP contribution in [0.15, 0.2) is 11.3 Å². The van der Waals surface area contributed by atoms with E-state index in [1.54, 1.807) is 6.92 Å². The summed E-state index contributed by atoms with van der Waals surface area (Å²) in [6, 6.07) is 0. The van der Waals surface area contributed by atoms with Crippen molar-refractivity contribution >= 4 is 12.1 Å². The molecule has 41 heavy (non-hydrogen) atoms. The number of hydrazone groups is 1. The van der Waals surface area contributed by atoms with Crippen molar-refractivity contribution in [3.8, 4) is 5.75 Å². The molecule has 1 heterocycles. The molecule has 9 nitrogen and oxygen atoms in total. The lowest BCUT2D eigenvalue weighted by molar-refractivity contribution is -0.207. The maximum Gasteiger partial charge on any atom is 0.240 e. The molecule has 0 bridgehead atoms. The Bertz CT molecular complexity index is 1160. The van der Waals surface area contributed by atoms with Gasteiger partial charge in [-0.15, -0.1) is 0 Å². The first kappa shape index (κ1) is 30.4. The molecule has 4 aliphatic rings. The summed E-state index contributed by atoms with van der Waals surface area (Å²) in [4.78, 5) is 16.7. The third-order valence-electron chi connectivity index (χ3n) is 12.3. The van der Waals surface area contributed by atoms with Crippen LogP contribution in [0.2, 0.25) is 0 Å². The van der Waals surface area contributed by atoms with Crippen molar-refractivity contribution in [1.29, 1.82) is 0 Å². The summed E-state index contributed by atoms with van der Waals surface area (Å²) in [7, 11) is 0. The predicted octanol–water partition coefficient (Wildman–Crippen LogP) is 3.42. The fourth-order valence-corrected chi connectivity index (χ4v) is 9.84. The van der Waals surface area contributed by atoms with Gasteiger partial charge in [0.05, 0.1) is 36.8 Å². The van der Waals surface area contributed by atoms with Crippen LogP contribution in [0.5, 0.6) is 5.75 Å². The summed E-state index contributed by atoms with van der Waals surface area (Å²) in [5, 5.41) is 57.3. The number of aromatic nitrogens is 1. The number of rotatable bonds is 7. The molecule has 1 amide bonds. The number of aromatic hydroxyl groups is 1. The van der Waals surface area contributed by atoms with Crippen molar-refractivity contribution in [3.05, 3.63) is 23.0 Å². The number of fused-ring (bicyclic) bond motifs is 5. The van der Waals surface area contributed by atoms with Gasteiger partial charge in [-0.05, 0) is 105 Å². The molecule has 0 spiro atoms. The Morgan fingerprint density at radius 3 is 2.66 bits per heavy atom. The number of aryl methyl sites for hydroxylation is 1. The van der Waals surface area contributed by atoms with E-state index >= 15 is 0 Å². The number of carbonyl (C=O) groups excluding carboxylic acids is 1. The maximum absolute atomic E-state index is 12.7. The van der Waals surface area contributed by atoms with Gasteiger partial charge in [0.1, 0.15) is 5.75 Å². The van der Waals surface area contributed by atoms with E-state index in [0.717, 1.165) is 38.5 Å². The number of nitrogens with zero attached hydrogens (tertiary/aromatic N) is 2. The second-order valence-electron chi connectivity index (χ2n) is 14.1. The van der Waals surface area contributed by atoms with E-state index in [2.05, 4.69) is 36.3 Å². The van der Waals surface area contributed by atoms with E-state index < -0.39 is 12.2 Å². The number of nitrogens with one attached hydrogen (secondary N) is 1. The fraction of sp³-hybridized carbons (Fsp3) is 0.781. The van der Waals surface area contributed by atoms with E-state index in [9.17, 15) is 30.3 Å². The van der Waals surface area contributed by atoms with Gasteiger partial charge in [0.25, 0.3) is 0 Å². The van der Waals surface area contributed by atoms with E-state index in [1.165, 1.54) is 12.4 Å². The number of carbonyl (C=O) groups is 1. The van der Waals surface area contributed by atoms with Gasteiger partial charge in [-0.1, -0.05) is 20.8 Å². The fourth-order valence-electron chi connectivity index (χ4n) is 9.84. The standard InChI is InChI=1S/C32H49N3O6/c1-17(5-8-28(40)35-34-15-22-19(16-36)14-33-18(2)30(22)41)23-6-7-24-29-25(13-27(39)32(23,24)4)31(3)10-9-21(37)11-20(31)12-26(29)38/h14-15,17,20-21,23-27,29,36-39,41H,5-13,16H2,1-4H3,(H,35,40)/b34-15+/t17-,20+,21-,23-,24+,25+,26-,27+,29+,31+,32-/m1/s1. The molecule has 228 valence electrons. The van der Waals surface area contributed by atoms with Gasteiger partial charge in [-0.3, -0.25) is 9.78 Å². The smallest absolute Gasteiger partial charge is 0.240 e. The summed E-state index contributed by atoms with van der Waals surface area (Å²) < 4.78 is 0. The lowest BCUT2D eigenvalue weighted by Gasteiger charge is -2.63. The minimum absolute atomic E-state index is 0.0530. The Morgan fingerprint density at radius 2 is 1.93 bits per heavy atom. The highest BCUT2D eigenvalue weighted by molar-refractivity contribution is 5.87. The van der Waals surface area contributed by atoms with Crippen molar-refractivity contribution in [3.63, 3.8) is 0 Å². The molecule has 1 aromatic rings. The molecule has 5 rings (SSSR count). The molecule has 0 aliphatic heterocycles. The van der Waals surface area contributed by atoms with Gasteiger partial charge in [0.2, 0.25) is 5.91 Å². The molecule has 4 saturated carbocycles. The third kappa shape index (κ3) is 5.21. The number of aliphatic hydroxyl groups is 4. The van der Waals surface area contributed by atoms with Crippen LogP contribution in [0.1, 0.15) is 95.4 Å². The Kier molecular flexibility index (Phi) is 8.56. The van der Waals surface area contributed by atoms with Crippen molar-refractivity contribution in [2.45, 2.75) is 110 Å². The van der Waals surface area contributed by atoms with Gasteiger partial charge < -0.3 is 25.5 Å². The summed E-state index contributed by atoms with van der Waals surface area (Å²) in [5.41, 5.74) is 3.46. The second-order valence-corrected chi connectivity index (χ2v) is 14.1. The van der Waals surface area contributed by atoms with Crippen molar-refractivity contribution in [2.24, 2.45) is 51.4 Å². The monoisotopic (exact) mass is 571 g/mol. The molecule has 0 unspecified atom stereocenters.